The van der Waals surface area contributed by atoms with E-state index in [4.69, 9.17) is 11.6 Å². The molecular formula is C13H14ClN3O. The van der Waals surface area contributed by atoms with Crippen LogP contribution in [0.25, 0.3) is 11.4 Å². The maximum Gasteiger partial charge on any atom is 0.165 e. The molecule has 4 nitrogen and oxygen atoms in total. The van der Waals surface area contributed by atoms with E-state index >= 15 is 0 Å². The Kier molecular flexibility index (Phi) is 2.84. The molecule has 1 fully saturated rings. The molecule has 1 aliphatic rings. The van der Waals surface area contributed by atoms with Crippen molar-refractivity contribution >= 4 is 11.6 Å². The predicted octanol–water partition coefficient (Wildman–Crippen LogP) is 2.73. The number of hydrogen-bond donors (Lipinski definition) is 1. The van der Waals surface area contributed by atoms with Gasteiger partial charge in [0.2, 0.25) is 0 Å². The minimum Gasteiger partial charge on any atom is -0.388 e. The Bertz CT molecular complexity index is 590. The largest absolute Gasteiger partial charge is 0.388 e. The summed E-state index contributed by atoms with van der Waals surface area (Å²) < 4.78 is 2.01. The molecule has 0 saturated heterocycles. The van der Waals surface area contributed by atoms with Crippen molar-refractivity contribution < 1.29 is 5.11 Å². The van der Waals surface area contributed by atoms with E-state index in [-0.39, 0.29) is 6.61 Å². The lowest BCUT2D eigenvalue weighted by Crippen LogP contribution is -2.03. The van der Waals surface area contributed by atoms with Crippen molar-refractivity contribution in [3.8, 4) is 11.4 Å². The Morgan fingerprint density at radius 2 is 2.17 bits per heavy atom. The molecule has 18 heavy (non-hydrogen) atoms. The van der Waals surface area contributed by atoms with Crippen LogP contribution in [-0.2, 0) is 6.61 Å². The van der Waals surface area contributed by atoms with Crippen molar-refractivity contribution in [1.82, 2.24) is 14.8 Å². The maximum atomic E-state index is 9.31. The molecule has 1 saturated carbocycles. The Hall–Kier alpha value is -1.39. The summed E-state index contributed by atoms with van der Waals surface area (Å²) in [5.41, 5.74) is 1.99. The molecule has 0 unspecified atom stereocenters. The smallest absolute Gasteiger partial charge is 0.165 e. The molecule has 1 aromatic heterocycles. The van der Waals surface area contributed by atoms with Crippen LogP contribution in [0.3, 0.4) is 0 Å². The second kappa shape index (κ2) is 4.37. The van der Waals surface area contributed by atoms with Crippen LogP contribution in [-0.4, -0.2) is 19.9 Å². The topological polar surface area (TPSA) is 50.9 Å². The van der Waals surface area contributed by atoms with E-state index in [1.54, 1.807) is 0 Å². The Morgan fingerprint density at radius 3 is 2.78 bits per heavy atom. The molecule has 3 rings (SSSR count). The van der Waals surface area contributed by atoms with Crippen LogP contribution in [0.15, 0.2) is 18.2 Å². The first-order valence-electron chi connectivity index (χ1n) is 6.02. The van der Waals surface area contributed by atoms with E-state index < -0.39 is 0 Å². The molecule has 1 N–H and O–H groups in total. The van der Waals surface area contributed by atoms with E-state index in [9.17, 15) is 5.11 Å². The van der Waals surface area contributed by atoms with Gasteiger partial charge in [-0.3, -0.25) is 0 Å². The third-order valence-electron chi connectivity index (χ3n) is 3.19. The summed E-state index contributed by atoms with van der Waals surface area (Å²) in [6, 6.07) is 6.30. The summed E-state index contributed by atoms with van der Waals surface area (Å²) >= 11 is 6.27. The number of halogens is 1. The number of benzene rings is 1. The van der Waals surface area contributed by atoms with Gasteiger partial charge in [0.05, 0.1) is 5.02 Å². The van der Waals surface area contributed by atoms with Gasteiger partial charge in [0.1, 0.15) is 6.61 Å². The van der Waals surface area contributed by atoms with Gasteiger partial charge in [-0.2, -0.15) is 0 Å². The Balaban J connectivity index is 2.13. The third kappa shape index (κ3) is 1.91. The van der Waals surface area contributed by atoms with Crippen molar-refractivity contribution in [3.05, 3.63) is 34.6 Å². The fourth-order valence-electron chi connectivity index (χ4n) is 2.13. The summed E-state index contributed by atoms with van der Waals surface area (Å²) in [6.45, 7) is 1.91. The van der Waals surface area contributed by atoms with Crippen LogP contribution < -0.4 is 0 Å². The van der Waals surface area contributed by atoms with E-state index in [2.05, 4.69) is 10.2 Å². The van der Waals surface area contributed by atoms with Crippen molar-refractivity contribution in [2.75, 3.05) is 0 Å². The van der Waals surface area contributed by atoms with Gasteiger partial charge in [0, 0.05) is 11.6 Å². The zero-order valence-corrected chi connectivity index (χ0v) is 10.9. The van der Waals surface area contributed by atoms with Gasteiger partial charge >= 0.3 is 0 Å². The maximum absolute atomic E-state index is 9.31. The molecule has 0 aliphatic heterocycles. The van der Waals surface area contributed by atoms with Gasteiger partial charge < -0.3 is 9.67 Å². The molecule has 0 atom stereocenters. The Labute approximate surface area is 110 Å². The van der Waals surface area contributed by atoms with E-state index in [0.717, 1.165) is 29.8 Å². The van der Waals surface area contributed by atoms with Crippen molar-refractivity contribution in [2.24, 2.45) is 0 Å². The van der Waals surface area contributed by atoms with Gasteiger partial charge in [-0.25, -0.2) is 0 Å². The SMILES string of the molecule is Cc1ccc(-c2nnc(CO)n2C2CC2)c(Cl)c1. The summed E-state index contributed by atoms with van der Waals surface area (Å²) in [4.78, 5) is 0. The second-order valence-corrected chi connectivity index (χ2v) is 5.09. The molecule has 5 heteroatoms. The Morgan fingerprint density at radius 1 is 1.39 bits per heavy atom. The van der Waals surface area contributed by atoms with Gasteiger partial charge in [-0.15, -0.1) is 10.2 Å². The lowest BCUT2D eigenvalue weighted by Gasteiger charge is -2.09. The average Bonchev–Trinajstić information content (AvgIpc) is 3.09. The number of rotatable bonds is 3. The fraction of sp³-hybridized carbons (Fsp3) is 0.385. The highest BCUT2D eigenvalue weighted by Gasteiger charge is 2.30. The van der Waals surface area contributed by atoms with Gasteiger partial charge in [-0.1, -0.05) is 17.7 Å². The molecule has 1 aromatic carbocycles. The highest BCUT2D eigenvalue weighted by molar-refractivity contribution is 6.33. The number of aromatic nitrogens is 3. The number of aliphatic hydroxyl groups excluding tert-OH is 1. The van der Waals surface area contributed by atoms with Crippen LogP contribution in [0, 0.1) is 6.92 Å². The van der Waals surface area contributed by atoms with E-state index in [1.165, 1.54) is 0 Å². The minimum absolute atomic E-state index is 0.0903. The quantitative estimate of drug-likeness (QED) is 0.926. The first-order valence-corrected chi connectivity index (χ1v) is 6.39. The third-order valence-corrected chi connectivity index (χ3v) is 3.50. The molecule has 1 heterocycles. The highest BCUT2D eigenvalue weighted by atomic mass is 35.5. The lowest BCUT2D eigenvalue weighted by atomic mass is 10.1. The first-order chi connectivity index (χ1) is 8.70. The molecule has 1 aliphatic carbocycles. The average molecular weight is 264 g/mol. The summed E-state index contributed by atoms with van der Waals surface area (Å²) in [5, 5.41) is 18.2. The highest BCUT2D eigenvalue weighted by Crippen LogP contribution is 2.40. The van der Waals surface area contributed by atoms with E-state index in [1.807, 2.05) is 29.7 Å². The number of hydrogen-bond acceptors (Lipinski definition) is 3. The molecular weight excluding hydrogens is 250 g/mol. The molecule has 0 bridgehead atoms. The number of nitrogens with zero attached hydrogens (tertiary/aromatic N) is 3. The molecule has 0 radical (unpaired) electrons. The monoisotopic (exact) mass is 263 g/mol. The van der Waals surface area contributed by atoms with Crippen molar-refractivity contribution in [2.45, 2.75) is 32.4 Å². The van der Waals surface area contributed by atoms with Crippen LogP contribution in [0.5, 0.6) is 0 Å². The number of aryl methyl sites for hydroxylation is 1. The zero-order chi connectivity index (χ0) is 12.7. The molecule has 0 amide bonds. The van der Waals surface area contributed by atoms with Crippen molar-refractivity contribution in [3.63, 3.8) is 0 Å². The van der Waals surface area contributed by atoms with Crippen molar-refractivity contribution in [1.29, 1.82) is 0 Å². The molecule has 2 aromatic rings. The summed E-state index contributed by atoms with van der Waals surface area (Å²) in [7, 11) is 0. The summed E-state index contributed by atoms with van der Waals surface area (Å²) in [5.74, 6) is 1.37. The van der Waals surface area contributed by atoms with Gasteiger partial charge in [0.15, 0.2) is 11.6 Å². The number of aliphatic hydroxyl groups is 1. The fourth-order valence-corrected chi connectivity index (χ4v) is 2.45. The lowest BCUT2D eigenvalue weighted by molar-refractivity contribution is 0.265. The van der Waals surface area contributed by atoms with Crippen LogP contribution in [0.2, 0.25) is 5.02 Å². The van der Waals surface area contributed by atoms with E-state index in [0.29, 0.717) is 16.9 Å². The molecule has 94 valence electrons. The summed E-state index contributed by atoms with van der Waals surface area (Å²) in [6.07, 6.45) is 2.23. The van der Waals surface area contributed by atoms with Gasteiger partial charge in [-0.05, 0) is 37.5 Å². The normalized spacial score (nSPS) is 15.1. The van der Waals surface area contributed by atoms with Crippen LogP contribution in [0.1, 0.15) is 30.3 Å². The zero-order valence-electron chi connectivity index (χ0n) is 10.1. The standard InChI is InChI=1S/C13H14ClN3O/c1-8-2-5-10(11(14)6-8)13-16-15-12(7-18)17(13)9-3-4-9/h2,5-6,9,18H,3-4,7H2,1H3. The van der Waals surface area contributed by atoms with Gasteiger partial charge in [0.25, 0.3) is 0 Å². The van der Waals surface area contributed by atoms with Crippen LogP contribution in [0.4, 0.5) is 0 Å². The minimum atomic E-state index is -0.0903. The second-order valence-electron chi connectivity index (χ2n) is 4.68. The van der Waals surface area contributed by atoms with Crippen LogP contribution >= 0.6 is 11.6 Å². The molecule has 0 spiro atoms. The predicted molar refractivity (Wildman–Crippen MR) is 69.4 cm³/mol. The first kappa shape index (κ1) is 11.7.